The number of halogens is 1. The molecule has 1 heterocycles. The molecule has 0 atom stereocenters. The van der Waals surface area contributed by atoms with Crippen LogP contribution in [0.15, 0.2) is 36.4 Å². The molecule has 0 spiro atoms. The summed E-state index contributed by atoms with van der Waals surface area (Å²) in [5.74, 6) is 0.431. The Labute approximate surface area is 143 Å². The average molecular weight is 347 g/mol. The molecule has 2 aromatic carbocycles. The lowest BCUT2D eigenvalue weighted by atomic mass is 10.2. The summed E-state index contributed by atoms with van der Waals surface area (Å²) in [5.41, 5.74) is 2.85. The third-order valence-corrected chi connectivity index (χ3v) is 4.62. The van der Waals surface area contributed by atoms with Crippen molar-refractivity contribution in [2.45, 2.75) is 13.8 Å². The van der Waals surface area contributed by atoms with E-state index < -0.39 is 0 Å². The number of nitrogens with zero attached hydrogens (tertiary/aromatic N) is 1. The predicted molar refractivity (Wildman–Crippen MR) is 94.7 cm³/mol. The van der Waals surface area contributed by atoms with Gasteiger partial charge in [-0.25, -0.2) is 4.98 Å². The van der Waals surface area contributed by atoms with Crippen molar-refractivity contribution >= 4 is 44.2 Å². The first-order valence-electron chi connectivity index (χ1n) is 7.07. The van der Waals surface area contributed by atoms with Crippen LogP contribution in [0.1, 0.15) is 11.1 Å². The zero-order valence-electron chi connectivity index (χ0n) is 12.7. The molecule has 0 radical (unpaired) electrons. The molecule has 1 N–H and O–H groups in total. The summed E-state index contributed by atoms with van der Waals surface area (Å²) in [4.78, 5) is 16.4. The van der Waals surface area contributed by atoms with Crippen LogP contribution >= 0.6 is 22.9 Å². The van der Waals surface area contributed by atoms with Crippen LogP contribution in [0.3, 0.4) is 0 Å². The van der Waals surface area contributed by atoms with Crippen molar-refractivity contribution in [2.24, 2.45) is 0 Å². The third-order valence-electron chi connectivity index (χ3n) is 3.27. The number of rotatable bonds is 4. The Bertz CT molecular complexity index is 837. The van der Waals surface area contributed by atoms with Crippen LogP contribution in [0, 0.1) is 13.8 Å². The van der Waals surface area contributed by atoms with E-state index in [4.69, 9.17) is 16.3 Å². The van der Waals surface area contributed by atoms with E-state index >= 15 is 0 Å². The minimum Gasteiger partial charge on any atom is -0.484 e. The molecule has 0 saturated carbocycles. The zero-order chi connectivity index (χ0) is 16.4. The second-order valence-corrected chi connectivity index (χ2v) is 6.68. The van der Waals surface area contributed by atoms with E-state index in [0.717, 1.165) is 21.3 Å². The first kappa shape index (κ1) is 15.8. The minimum absolute atomic E-state index is 0.0564. The van der Waals surface area contributed by atoms with Crippen molar-refractivity contribution in [1.29, 1.82) is 0 Å². The van der Waals surface area contributed by atoms with Gasteiger partial charge in [0.1, 0.15) is 5.75 Å². The molecule has 6 heteroatoms. The molecule has 0 aliphatic rings. The van der Waals surface area contributed by atoms with E-state index in [0.29, 0.717) is 15.9 Å². The number of ether oxygens (including phenoxy) is 1. The summed E-state index contributed by atoms with van der Waals surface area (Å²) in [5, 5.41) is 3.97. The topological polar surface area (TPSA) is 51.2 Å². The molecule has 0 aliphatic heterocycles. The molecular weight excluding hydrogens is 332 g/mol. The maximum atomic E-state index is 12.0. The van der Waals surface area contributed by atoms with Crippen LogP contribution < -0.4 is 10.1 Å². The smallest absolute Gasteiger partial charge is 0.264 e. The van der Waals surface area contributed by atoms with Gasteiger partial charge < -0.3 is 4.74 Å². The fraction of sp³-hybridized carbons (Fsp3) is 0.176. The second kappa shape index (κ2) is 6.56. The molecule has 0 bridgehead atoms. The summed E-state index contributed by atoms with van der Waals surface area (Å²) < 4.78 is 6.46. The minimum atomic E-state index is -0.242. The molecule has 3 rings (SSSR count). The molecule has 0 aliphatic carbocycles. The number of anilines is 1. The highest BCUT2D eigenvalue weighted by molar-refractivity contribution is 7.22. The van der Waals surface area contributed by atoms with Crippen molar-refractivity contribution in [3.8, 4) is 5.75 Å². The van der Waals surface area contributed by atoms with Gasteiger partial charge in [-0.15, -0.1) is 0 Å². The number of thiazole rings is 1. The molecule has 1 amide bonds. The van der Waals surface area contributed by atoms with Crippen LogP contribution in [0.5, 0.6) is 5.75 Å². The fourth-order valence-electron chi connectivity index (χ4n) is 2.11. The van der Waals surface area contributed by atoms with Gasteiger partial charge in [0.05, 0.1) is 10.2 Å². The number of carbonyl (C=O) groups excluding carboxylic acids is 1. The van der Waals surface area contributed by atoms with E-state index in [9.17, 15) is 4.79 Å². The molecule has 3 aromatic rings. The van der Waals surface area contributed by atoms with Gasteiger partial charge in [0.2, 0.25) is 0 Å². The highest BCUT2D eigenvalue weighted by Gasteiger charge is 2.10. The number of hydrogen-bond donors (Lipinski definition) is 1. The Morgan fingerprint density at radius 2 is 2.13 bits per heavy atom. The molecule has 0 fully saturated rings. The van der Waals surface area contributed by atoms with Crippen LogP contribution in [0.2, 0.25) is 5.02 Å². The maximum Gasteiger partial charge on any atom is 0.264 e. The lowest BCUT2D eigenvalue weighted by Gasteiger charge is -2.06. The van der Waals surface area contributed by atoms with Gasteiger partial charge in [0, 0.05) is 5.02 Å². The largest absolute Gasteiger partial charge is 0.484 e. The SMILES string of the molecule is Cc1cccc(OCC(=O)Nc2nc3cc(Cl)c(C)cc3s2)c1. The van der Waals surface area contributed by atoms with Gasteiger partial charge in [0.15, 0.2) is 11.7 Å². The molecule has 4 nitrogen and oxygen atoms in total. The van der Waals surface area contributed by atoms with Gasteiger partial charge in [-0.3, -0.25) is 10.1 Å². The van der Waals surface area contributed by atoms with E-state index in [1.165, 1.54) is 11.3 Å². The highest BCUT2D eigenvalue weighted by Crippen LogP contribution is 2.30. The number of benzene rings is 2. The Morgan fingerprint density at radius 1 is 1.30 bits per heavy atom. The van der Waals surface area contributed by atoms with Gasteiger partial charge >= 0.3 is 0 Å². The summed E-state index contributed by atoms with van der Waals surface area (Å²) in [6.45, 7) is 3.86. The number of hydrogen-bond acceptors (Lipinski definition) is 4. The summed E-state index contributed by atoms with van der Waals surface area (Å²) in [6.07, 6.45) is 0. The summed E-state index contributed by atoms with van der Waals surface area (Å²) in [7, 11) is 0. The van der Waals surface area contributed by atoms with Crippen LogP contribution in [-0.2, 0) is 4.79 Å². The number of fused-ring (bicyclic) bond motifs is 1. The number of carbonyl (C=O) groups is 1. The van der Waals surface area contributed by atoms with E-state index in [2.05, 4.69) is 10.3 Å². The van der Waals surface area contributed by atoms with Crippen molar-refractivity contribution in [3.05, 3.63) is 52.5 Å². The maximum absolute atomic E-state index is 12.0. The van der Waals surface area contributed by atoms with Crippen molar-refractivity contribution < 1.29 is 9.53 Å². The zero-order valence-corrected chi connectivity index (χ0v) is 14.3. The molecule has 1 aromatic heterocycles. The molecule has 118 valence electrons. The van der Waals surface area contributed by atoms with Gasteiger partial charge in [-0.1, -0.05) is 35.1 Å². The third kappa shape index (κ3) is 3.81. The standard InChI is InChI=1S/C17H15ClN2O2S/c1-10-4-3-5-12(6-10)22-9-16(21)20-17-19-14-8-13(18)11(2)7-15(14)23-17/h3-8H,9H2,1-2H3,(H,19,20,21). The first-order chi connectivity index (χ1) is 11.0. The number of aromatic nitrogens is 1. The van der Waals surface area contributed by atoms with E-state index in [1.807, 2.05) is 50.2 Å². The molecule has 0 unspecified atom stereocenters. The van der Waals surface area contributed by atoms with Crippen LogP contribution in [0.4, 0.5) is 5.13 Å². The molecular formula is C17H15ClN2O2S. The lowest BCUT2D eigenvalue weighted by molar-refractivity contribution is -0.118. The molecule has 0 saturated heterocycles. The fourth-order valence-corrected chi connectivity index (χ4v) is 3.23. The van der Waals surface area contributed by atoms with Crippen molar-refractivity contribution in [2.75, 3.05) is 11.9 Å². The number of aryl methyl sites for hydroxylation is 2. The predicted octanol–water partition coefficient (Wildman–Crippen LogP) is 4.58. The Kier molecular flexibility index (Phi) is 4.50. The monoisotopic (exact) mass is 346 g/mol. The quantitative estimate of drug-likeness (QED) is 0.752. The number of nitrogens with one attached hydrogen (secondary N) is 1. The van der Waals surface area contributed by atoms with Crippen molar-refractivity contribution in [3.63, 3.8) is 0 Å². The Morgan fingerprint density at radius 3 is 2.91 bits per heavy atom. The van der Waals surface area contributed by atoms with E-state index in [1.54, 1.807) is 0 Å². The first-order valence-corrected chi connectivity index (χ1v) is 8.27. The number of amides is 1. The highest BCUT2D eigenvalue weighted by atomic mass is 35.5. The summed E-state index contributed by atoms with van der Waals surface area (Å²) >= 11 is 7.51. The van der Waals surface area contributed by atoms with Gasteiger partial charge in [-0.05, 0) is 49.2 Å². The van der Waals surface area contributed by atoms with Crippen LogP contribution in [0.25, 0.3) is 10.2 Å². The van der Waals surface area contributed by atoms with Crippen molar-refractivity contribution in [1.82, 2.24) is 4.98 Å². The average Bonchev–Trinajstić information content (AvgIpc) is 2.87. The van der Waals surface area contributed by atoms with Gasteiger partial charge in [-0.2, -0.15) is 0 Å². The Hall–Kier alpha value is -2.11. The molecule has 23 heavy (non-hydrogen) atoms. The normalized spacial score (nSPS) is 10.7. The van der Waals surface area contributed by atoms with E-state index in [-0.39, 0.29) is 12.5 Å². The summed E-state index contributed by atoms with van der Waals surface area (Å²) in [6, 6.07) is 11.3. The van der Waals surface area contributed by atoms with Crippen LogP contribution in [-0.4, -0.2) is 17.5 Å². The lowest BCUT2D eigenvalue weighted by Crippen LogP contribution is -2.20. The Balaban J connectivity index is 1.65. The second-order valence-electron chi connectivity index (χ2n) is 5.24. The van der Waals surface area contributed by atoms with Gasteiger partial charge in [0.25, 0.3) is 5.91 Å².